The van der Waals surface area contributed by atoms with E-state index >= 15 is 0 Å². The maximum Gasteiger partial charge on any atom is 0.326 e. The fraction of sp³-hybridized carbons (Fsp3) is 0.478. The van der Waals surface area contributed by atoms with E-state index in [2.05, 4.69) is 47.5 Å². The van der Waals surface area contributed by atoms with Gasteiger partial charge in [0, 0.05) is 25.8 Å². The Bertz CT molecular complexity index is 2350. The first kappa shape index (κ1) is 62.7. The van der Waals surface area contributed by atoms with Gasteiger partial charge in [-0.2, -0.15) is 0 Å². The first-order valence-electron chi connectivity index (χ1n) is 23.2. The number of carboxylic acid groups (broad SMARTS) is 3. The van der Waals surface area contributed by atoms with Gasteiger partial charge in [0.25, 0.3) is 0 Å². The van der Waals surface area contributed by atoms with Gasteiger partial charge in [-0.1, -0.05) is 42.5 Å². The summed E-state index contributed by atoms with van der Waals surface area (Å²) in [5.74, 6) is -13.5. The Morgan fingerprint density at radius 2 is 1.09 bits per heavy atom. The number of phenols is 1. The molecule has 29 nitrogen and oxygen atoms in total. The van der Waals surface area contributed by atoms with Crippen LogP contribution in [-0.4, -0.2) is 175 Å². The summed E-state index contributed by atoms with van der Waals surface area (Å²) < 4.78 is 0. The summed E-state index contributed by atoms with van der Waals surface area (Å²) in [6, 6.07) is 0.806. The second kappa shape index (κ2) is 31.2. The Balaban J connectivity index is 2.22. The molecule has 75 heavy (non-hydrogen) atoms. The van der Waals surface area contributed by atoms with Crippen LogP contribution in [0.25, 0.3) is 0 Å². The number of amides is 8. The van der Waals surface area contributed by atoms with E-state index in [0.717, 1.165) is 13.8 Å². The van der Waals surface area contributed by atoms with Crippen molar-refractivity contribution in [2.75, 3.05) is 13.1 Å². The number of aliphatic imine (C=N–C) groups is 1. The molecule has 0 aliphatic rings. The highest BCUT2D eigenvalue weighted by atomic mass is 16.4. The van der Waals surface area contributed by atoms with Crippen molar-refractivity contribution in [1.29, 1.82) is 0 Å². The summed E-state index contributed by atoms with van der Waals surface area (Å²) in [6.07, 6.45) is -5.78. The van der Waals surface area contributed by atoms with E-state index in [1.807, 2.05) is 0 Å². The molecule has 10 atom stereocenters. The minimum Gasteiger partial charge on any atom is -0.508 e. The van der Waals surface area contributed by atoms with E-state index in [1.54, 1.807) is 30.3 Å². The van der Waals surface area contributed by atoms with Crippen molar-refractivity contribution >= 4 is 71.1 Å². The van der Waals surface area contributed by atoms with Crippen molar-refractivity contribution < 1.29 is 83.4 Å². The molecule has 2 aromatic rings. The molecule has 8 amide bonds. The number of rotatable bonds is 32. The fourth-order valence-electron chi connectivity index (χ4n) is 6.71. The number of benzene rings is 2. The minimum atomic E-state index is -1.91. The SMILES string of the molecule is C[C@H](NC(=O)[C@@H](NC(=O)[C@H](CCCN=C(N)N)NC(=O)[C@H](Cc1ccc(O)cc1)NC(=O)[C@@H](N)[C@@H](C)O)[C@@H](C)O)C(=O)N[C@@H](CC(=O)O)C(=O)NCC(=O)N[C@@H](CCC(=O)O)C(=O)N[C@@H](Cc1ccccc1)C(=O)O. The zero-order valence-corrected chi connectivity index (χ0v) is 41.2. The Hall–Kier alpha value is -8.44. The Labute approximate surface area is 429 Å². The number of hydrogen-bond donors (Lipinski definition) is 17. The van der Waals surface area contributed by atoms with Crippen LogP contribution in [0.2, 0.25) is 0 Å². The van der Waals surface area contributed by atoms with E-state index in [4.69, 9.17) is 17.2 Å². The Morgan fingerprint density at radius 1 is 0.560 bits per heavy atom. The zero-order chi connectivity index (χ0) is 56.5. The number of hydrogen-bond acceptors (Lipinski definition) is 16. The van der Waals surface area contributed by atoms with Crippen LogP contribution < -0.4 is 59.7 Å². The quantitative estimate of drug-likeness (QED) is 0.0184. The average molecular weight is 1060 g/mol. The van der Waals surface area contributed by atoms with Crippen LogP contribution in [0, 0.1) is 0 Å². The van der Waals surface area contributed by atoms with Crippen molar-refractivity contribution in [1.82, 2.24) is 42.5 Å². The van der Waals surface area contributed by atoms with Gasteiger partial charge >= 0.3 is 17.9 Å². The normalized spacial score (nSPS) is 14.9. The molecule has 0 fully saturated rings. The summed E-state index contributed by atoms with van der Waals surface area (Å²) in [5.41, 5.74) is 17.6. The fourth-order valence-corrected chi connectivity index (χ4v) is 6.71. The maximum absolute atomic E-state index is 13.9. The Morgan fingerprint density at radius 3 is 1.65 bits per heavy atom. The van der Waals surface area contributed by atoms with Gasteiger partial charge in [0.15, 0.2) is 5.96 Å². The van der Waals surface area contributed by atoms with Gasteiger partial charge in [0.1, 0.15) is 54.1 Å². The highest BCUT2D eigenvalue weighted by molar-refractivity contribution is 5.98. The molecule has 0 unspecified atom stereocenters. The number of carbonyl (C=O) groups excluding carboxylic acids is 8. The van der Waals surface area contributed by atoms with Crippen LogP contribution >= 0.6 is 0 Å². The minimum absolute atomic E-state index is 0.0415. The molecule has 0 saturated heterocycles. The third-order valence-electron chi connectivity index (χ3n) is 10.9. The standard InChI is InChI=1S/C46H66N12O17/c1-22(38(67)55-31(20-35(65)66)39(68)51-21-33(62)53-29(15-16-34(63)64)40(69)57-32(45(74)75)19-25-8-5-4-6-9-25)52-44(73)37(24(3)60)58-41(70)28(10-7-17-50-46(48)49)54-42(71)30(56-43(72)36(47)23(2)59)18-26-11-13-27(61)14-12-26/h4-6,8-9,11-14,22-24,28-32,36-37,59-61H,7,10,15-21,47H2,1-3H3,(H,51,68)(H,52,73)(H,53,62)(H,54,71)(H,55,67)(H,56,72)(H,57,69)(H,58,70)(H,63,64)(H,65,66)(H,74,75)(H4,48,49,50)/t22-,23+,24+,28-,29-,30-,31-,32-,36-,37-/m0/s1. The average Bonchev–Trinajstić information content (AvgIpc) is 3.33. The third kappa shape index (κ3) is 23.3. The summed E-state index contributed by atoms with van der Waals surface area (Å²) in [5, 5.41) is 76.8. The van der Waals surface area contributed by atoms with Crippen LogP contribution in [0.15, 0.2) is 59.6 Å². The van der Waals surface area contributed by atoms with Crippen molar-refractivity contribution in [2.45, 2.75) is 126 Å². The van der Waals surface area contributed by atoms with Crippen LogP contribution in [0.4, 0.5) is 0 Å². The first-order chi connectivity index (χ1) is 35.2. The molecule has 20 N–H and O–H groups in total. The molecular formula is C46H66N12O17. The van der Waals surface area contributed by atoms with Gasteiger partial charge in [0.05, 0.1) is 25.2 Å². The number of nitrogens with zero attached hydrogens (tertiary/aromatic N) is 1. The van der Waals surface area contributed by atoms with E-state index in [1.165, 1.54) is 31.2 Å². The topological polar surface area (TPSA) is 496 Å². The van der Waals surface area contributed by atoms with Crippen LogP contribution in [0.3, 0.4) is 0 Å². The molecule has 2 rings (SSSR count). The molecule has 0 radical (unpaired) electrons. The molecule has 0 spiro atoms. The number of nitrogens with one attached hydrogen (secondary N) is 8. The first-order valence-corrected chi connectivity index (χ1v) is 23.2. The molecule has 0 aliphatic heterocycles. The van der Waals surface area contributed by atoms with E-state index in [0.29, 0.717) is 11.1 Å². The number of guanidine groups is 1. The summed E-state index contributed by atoms with van der Waals surface area (Å²) in [4.78, 5) is 146. The van der Waals surface area contributed by atoms with Gasteiger partial charge in [-0.3, -0.25) is 52.9 Å². The van der Waals surface area contributed by atoms with E-state index in [9.17, 15) is 83.4 Å². The largest absolute Gasteiger partial charge is 0.508 e. The lowest BCUT2D eigenvalue weighted by atomic mass is 10.0. The smallest absolute Gasteiger partial charge is 0.326 e. The van der Waals surface area contributed by atoms with Gasteiger partial charge in [-0.05, 0) is 63.3 Å². The maximum atomic E-state index is 13.9. The van der Waals surface area contributed by atoms with Crippen molar-refractivity contribution in [2.24, 2.45) is 22.2 Å². The van der Waals surface area contributed by atoms with Crippen LogP contribution in [-0.2, 0) is 65.6 Å². The number of carboxylic acids is 3. The number of nitrogens with two attached hydrogens (primary N) is 3. The number of aromatic hydroxyl groups is 1. The predicted octanol–water partition coefficient (Wildman–Crippen LogP) is -5.73. The molecule has 0 heterocycles. The number of phenolic OH excluding ortho intramolecular Hbond substituents is 1. The van der Waals surface area contributed by atoms with Crippen LogP contribution in [0.5, 0.6) is 5.75 Å². The molecule has 2 aromatic carbocycles. The number of aliphatic carboxylic acids is 3. The number of aliphatic hydroxyl groups is 2. The second-order valence-electron chi connectivity index (χ2n) is 17.2. The molecule has 0 aliphatic carbocycles. The second-order valence-corrected chi connectivity index (χ2v) is 17.2. The summed E-state index contributed by atoms with van der Waals surface area (Å²) in [6.45, 7) is 2.43. The highest BCUT2D eigenvalue weighted by Crippen LogP contribution is 2.13. The van der Waals surface area contributed by atoms with Crippen molar-refractivity contribution in [3.8, 4) is 5.75 Å². The Kier molecular flexibility index (Phi) is 26.1. The summed E-state index contributed by atoms with van der Waals surface area (Å²) in [7, 11) is 0. The molecule has 0 saturated carbocycles. The number of aliphatic hydroxyl groups excluding tert-OH is 2. The molecule has 0 bridgehead atoms. The third-order valence-corrected chi connectivity index (χ3v) is 10.9. The predicted molar refractivity (Wildman–Crippen MR) is 262 cm³/mol. The lowest BCUT2D eigenvalue weighted by Gasteiger charge is -2.28. The van der Waals surface area contributed by atoms with Crippen molar-refractivity contribution in [3.05, 3.63) is 65.7 Å². The highest BCUT2D eigenvalue weighted by Gasteiger charge is 2.35. The lowest BCUT2D eigenvalue weighted by molar-refractivity contribution is -0.143. The van der Waals surface area contributed by atoms with Gasteiger partial charge in [-0.15, -0.1) is 0 Å². The monoisotopic (exact) mass is 1060 g/mol. The van der Waals surface area contributed by atoms with E-state index < -0.39 is 152 Å². The van der Waals surface area contributed by atoms with Crippen molar-refractivity contribution in [3.63, 3.8) is 0 Å². The molecule has 412 valence electrons. The molecule has 0 aromatic heterocycles. The summed E-state index contributed by atoms with van der Waals surface area (Å²) >= 11 is 0. The van der Waals surface area contributed by atoms with Gasteiger partial charge < -0.3 is 90.4 Å². The lowest BCUT2D eigenvalue weighted by Crippen LogP contribution is -2.61. The zero-order valence-electron chi connectivity index (χ0n) is 41.2. The van der Waals surface area contributed by atoms with Gasteiger partial charge in [0.2, 0.25) is 47.3 Å². The van der Waals surface area contributed by atoms with Gasteiger partial charge in [-0.25, -0.2) is 4.79 Å². The van der Waals surface area contributed by atoms with E-state index in [-0.39, 0.29) is 43.9 Å². The molecular weight excluding hydrogens is 993 g/mol. The van der Waals surface area contributed by atoms with Crippen LogP contribution in [0.1, 0.15) is 64.0 Å². The molecule has 29 heteroatoms. The number of carbonyl (C=O) groups is 11.